The van der Waals surface area contributed by atoms with Crippen LogP contribution in [0.3, 0.4) is 0 Å². The molecule has 0 bridgehead atoms. The molecule has 90 valence electrons. The maximum Gasteiger partial charge on any atom is 0.101 e. The van der Waals surface area contributed by atoms with E-state index in [1.165, 1.54) is 12.8 Å². The van der Waals surface area contributed by atoms with Crippen LogP contribution in [0.5, 0.6) is 0 Å². The lowest BCUT2D eigenvalue weighted by molar-refractivity contribution is 0.435. The Hall–Kier alpha value is -1.20. The highest BCUT2D eigenvalue weighted by molar-refractivity contribution is 6.30. The topological polar surface area (TPSA) is 35.8 Å². The van der Waals surface area contributed by atoms with E-state index in [1.54, 1.807) is 12.1 Å². The number of nitrogens with one attached hydrogen (secondary N) is 1. The van der Waals surface area contributed by atoms with Gasteiger partial charge in [0.1, 0.15) is 6.07 Å². The van der Waals surface area contributed by atoms with E-state index < -0.39 is 0 Å². The number of nitriles is 1. The molecule has 2 nitrogen and oxygen atoms in total. The van der Waals surface area contributed by atoms with E-state index in [1.807, 2.05) is 6.07 Å². The van der Waals surface area contributed by atoms with Gasteiger partial charge in [-0.1, -0.05) is 25.4 Å². The van der Waals surface area contributed by atoms with E-state index in [0.717, 1.165) is 11.6 Å². The van der Waals surface area contributed by atoms with Gasteiger partial charge in [0.15, 0.2) is 0 Å². The smallest absolute Gasteiger partial charge is 0.101 e. The van der Waals surface area contributed by atoms with Crippen LogP contribution in [0.1, 0.15) is 32.3 Å². The number of nitrogens with zero attached hydrogens (tertiary/aromatic N) is 1. The van der Waals surface area contributed by atoms with Crippen LogP contribution in [-0.2, 0) is 0 Å². The minimum Gasteiger partial charge on any atom is -0.381 e. The Bertz CT molecular complexity index is 450. The van der Waals surface area contributed by atoms with Gasteiger partial charge in [0.25, 0.3) is 0 Å². The van der Waals surface area contributed by atoms with Crippen LogP contribution in [0.15, 0.2) is 18.2 Å². The van der Waals surface area contributed by atoms with Crippen LogP contribution in [0.2, 0.25) is 5.02 Å². The fourth-order valence-corrected chi connectivity index (χ4v) is 2.67. The zero-order valence-electron chi connectivity index (χ0n) is 10.2. The third-order valence-electron chi connectivity index (χ3n) is 3.91. The Balaban J connectivity index is 2.19. The summed E-state index contributed by atoms with van der Waals surface area (Å²) in [4.78, 5) is 0. The molecular weight excluding hydrogens is 232 g/mol. The summed E-state index contributed by atoms with van der Waals surface area (Å²) < 4.78 is 0. The minimum atomic E-state index is 0.454. The van der Waals surface area contributed by atoms with Crippen molar-refractivity contribution in [1.82, 2.24) is 0 Å². The lowest BCUT2D eigenvalue weighted by atomic mass is 9.97. The first kappa shape index (κ1) is 12.3. The third kappa shape index (κ3) is 2.56. The number of benzene rings is 1. The van der Waals surface area contributed by atoms with Crippen LogP contribution in [0.4, 0.5) is 5.69 Å². The first-order valence-electron chi connectivity index (χ1n) is 6.08. The molecule has 0 aromatic heterocycles. The summed E-state index contributed by atoms with van der Waals surface area (Å²) in [5, 5.41) is 13.2. The largest absolute Gasteiger partial charge is 0.381 e. The summed E-state index contributed by atoms with van der Waals surface area (Å²) in [5.74, 6) is 1.39. The molecule has 0 saturated heterocycles. The van der Waals surface area contributed by atoms with Crippen LogP contribution in [-0.4, -0.2) is 6.04 Å². The zero-order valence-corrected chi connectivity index (χ0v) is 11.0. The summed E-state index contributed by atoms with van der Waals surface area (Å²) in [6.07, 6.45) is 2.42. The Morgan fingerprint density at radius 1 is 1.35 bits per heavy atom. The van der Waals surface area contributed by atoms with Crippen molar-refractivity contribution in [1.29, 1.82) is 5.26 Å². The summed E-state index contributed by atoms with van der Waals surface area (Å²) >= 11 is 5.97. The van der Waals surface area contributed by atoms with Gasteiger partial charge in [-0.15, -0.1) is 0 Å². The van der Waals surface area contributed by atoms with E-state index in [0.29, 0.717) is 22.5 Å². The van der Waals surface area contributed by atoms with Gasteiger partial charge in [-0.05, 0) is 42.9 Å². The molecule has 1 aromatic carbocycles. The molecular formula is C14H17ClN2. The average Bonchev–Trinajstić information content (AvgIpc) is 2.61. The quantitative estimate of drug-likeness (QED) is 0.857. The maximum absolute atomic E-state index is 9.07. The molecule has 1 aliphatic carbocycles. The van der Waals surface area contributed by atoms with E-state index in [-0.39, 0.29) is 0 Å². The SMILES string of the molecule is CC1CCC(Nc2cc(Cl)ccc2C#N)C1C. The molecule has 1 aromatic rings. The minimum absolute atomic E-state index is 0.454. The lowest BCUT2D eigenvalue weighted by Gasteiger charge is -2.21. The Labute approximate surface area is 108 Å². The van der Waals surface area contributed by atoms with E-state index in [4.69, 9.17) is 16.9 Å². The van der Waals surface area contributed by atoms with Crippen LogP contribution in [0, 0.1) is 23.2 Å². The summed E-state index contributed by atoms with van der Waals surface area (Å²) in [5.41, 5.74) is 1.53. The van der Waals surface area contributed by atoms with Crippen molar-refractivity contribution in [2.45, 2.75) is 32.7 Å². The van der Waals surface area contributed by atoms with Gasteiger partial charge in [0.2, 0.25) is 0 Å². The Morgan fingerprint density at radius 3 is 2.71 bits per heavy atom. The standard InChI is InChI=1S/C14H17ClN2/c1-9-3-6-13(10(9)2)17-14-7-12(15)5-4-11(14)8-16/h4-5,7,9-10,13,17H,3,6H2,1-2H3. The van der Waals surface area contributed by atoms with Crippen molar-refractivity contribution in [2.75, 3.05) is 5.32 Å². The van der Waals surface area contributed by atoms with E-state index >= 15 is 0 Å². The molecule has 1 aliphatic rings. The van der Waals surface area contributed by atoms with Crippen LogP contribution >= 0.6 is 11.6 Å². The van der Waals surface area contributed by atoms with Gasteiger partial charge >= 0.3 is 0 Å². The summed E-state index contributed by atoms with van der Waals surface area (Å²) in [6, 6.07) is 8.03. The predicted octanol–water partition coefficient (Wildman–Crippen LogP) is 4.06. The zero-order chi connectivity index (χ0) is 12.4. The second kappa shape index (κ2) is 4.98. The maximum atomic E-state index is 9.07. The molecule has 3 unspecified atom stereocenters. The van der Waals surface area contributed by atoms with Gasteiger partial charge in [-0.3, -0.25) is 0 Å². The normalized spacial score (nSPS) is 27.8. The first-order chi connectivity index (χ1) is 8.11. The Kier molecular flexibility index (Phi) is 3.59. The number of hydrogen-bond donors (Lipinski definition) is 1. The summed E-state index contributed by atoms with van der Waals surface area (Å²) in [6.45, 7) is 4.56. The molecule has 17 heavy (non-hydrogen) atoms. The highest BCUT2D eigenvalue weighted by Crippen LogP contribution is 2.34. The molecule has 3 heteroatoms. The third-order valence-corrected chi connectivity index (χ3v) is 4.14. The molecule has 3 atom stereocenters. The average molecular weight is 249 g/mol. The van der Waals surface area contributed by atoms with Crippen LogP contribution in [0.25, 0.3) is 0 Å². The van der Waals surface area contributed by atoms with Crippen molar-refractivity contribution in [3.63, 3.8) is 0 Å². The second-order valence-electron chi connectivity index (χ2n) is 4.97. The fourth-order valence-electron chi connectivity index (χ4n) is 2.50. The molecule has 0 radical (unpaired) electrons. The molecule has 0 spiro atoms. The fraction of sp³-hybridized carbons (Fsp3) is 0.500. The Morgan fingerprint density at radius 2 is 2.12 bits per heavy atom. The summed E-state index contributed by atoms with van der Waals surface area (Å²) in [7, 11) is 0. The van der Waals surface area contributed by atoms with Crippen molar-refractivity contribution < 1.29 is 0 Å². The van der Waals surface area contributed by atoms with Gasteiger partial charge in [0, 0.05) is 11.1 Å². The van der Waals surface area contributed by atoms with Crippen molar-refractivity contribution >= 4 is 17.3 Å². The highest BCUT2D eigenvalue weighted by Gasteiger charge is 2.29. The molecule has 0 amide bonds. The van der Waals surface area contributed by atoms with E-state index in [9.17, 15) is 0 Å². The molecule has 0 aliphatic heterocycles. The highest BCUT2D eigenvalue weighted by atomic mass is 35.5. The van der Waals surface area contributed by atoms with Crippen molar-refractivity contribution in [3.8, 4) is 6.07 Å². The number of halogens is 1. The molecule has 1 fully saturated rings. The molecule has 0 heterocycles. The van der Waals surface area contributed by atoms with Crippen molar-refractivity contribution in [3.05, 3.63) is 28.8 Å². The van der Waals surface area contributed by atoms with Crippen molar-refractivity contribution in [2.24, 2.45) is 11.8 Å². The van der Waals surface area contributed by atoms with Gasteiger partial charge in [0.05, 0.1) is 11.3 Å². The number of anilines is 1. The second-order valence-corrected chi connectivity index (χ2v) is 5.40. The van der Waals surface area contributed by atoms with E-state index in [2.05, 4.69) is 25.2 Å². The first-order valence-corrected chi connectivity index (χ1v) is 6.46. The van der Waals surface area contributed by atoms with Crippen LogP contribution < -0.4 is 5.32 Å². The van der Waals surface area contributed by atoms with Gasteiger partial charge in [-0.2, -0.15) is 5.26 Å². The molecule has 1 N–H and O–H groups in total. The molecule has 2 rings (SSSR count). The van der Waals surface area contributed by atoms with Gasteiger partial charge in [-0.25, -0.2) is 0 Å². The number of hydrogen-bond acceptors (Lipinski definition) is 2. The molecule has 1 saturated carbocycles. The predicted molar refractivity (Wildman–Crippen MR) is 71.1 cm³/mol. The van der Waals surface area contributed by atoms with Gasteiger partial charge < -0.3 is 5.32 Å². The monoisotopic (exact) mass is 248 g/mol. The number of rotatable bonds is 2. The lowest BCUT2D eigenvalue weighted by Crippen LogP contribution is -2.24.